The number of aliphatic hydroxyl groups excluding tert-OH is 1. The molecular formula is C16H20NO5P. The van der Waals surface area contributed by atoms with Crippen LogP contribution in [-0.2, 0) is 4.57 Å². The lowest BCUT2D eigenvalue weighted by molar-refractivity contribution is 0.375. The molecule has 23 heavy (non-hydrogen) atoms. The molecule has 2 unspecified atom stereocenters. The molecule has 7 heteroatoms. The number of aromatic hydroxyl groups is 1. The Morgan fingerprint density at radius 2 is 1.87 bits per heavy atom. The maximum atomic E-state index is 11.1. The molecule has 1 aromatic carbocycles. The van der Waals surface area contributed by atoms with E-state index in [2.05, 4.69) is 4.76 Å². The fourth-order valence-electron chi connectivity index (χ4n) is 2.52. The van der Waals surface area contributed by atoms with Gasteiger partial charge in [0.2, 0.25) is 0 Å². The summed E-state index contributed by atoms with van der Waals surface area (Å²) in [6.07, 6.45) is 5.91. The van der Waals surface area contributed by atoms with E-state index < -0.39 is 7.75 Å². The highest BCUT2D eigenvalue weighted by atomic mass is 31.2. The van der Waals surface area contributed by atoms with Crippen molar-refractivity contribution in [1.82, 2.24) is 0 Å². The Labute approximate surface area is 134 Å². The van der Waals surface area contributed by atoms with Gasteiger partial charge in [-0.2, -0.15) is 4.76 Å². The van der Waals surface area contributed by atoms with Crippen molar-refractivity contribution in [3.63, 3.8) is 0 Å². The Hall–Kier alpha value is -1.88. The lowest BCUT2D eigenvalue weighted by Gasteiger charge is -2.19. The van der Waals surface area contributed by atoms with Gasteiger partial charge in [0.1, 0.15) is 11.5 Å². The summed E-state index contributed by atoms with van der Waals surface area (Å²) in [5.41, 5.74) is 1.27. The van der Waals surface area contributed by atoms with Crippen molar-refractivity contribution in [1.29, 1.82) is 0 Å². The quantitative estimate of drug-likeness (QED) is 0.615. The molecular weight excluding hydrogens is 317 g/mol. The van der Waals surface area contributed by atoms with E-state index in [4.69, 9.17) is 9.79 Å². The highest BCUT2D eigenvalue weighted by Crippen LogP contribution is 2.38. The summed E-state index contributed by atoms with van der Waals surface area (Å²) >= 11 is 0. The number of hydrogen-bond acceptors (Lipinski definition) is 3. The normalized spacial score (nSPS) is 21.3. The minimum Gasteiger partial charge on any atom is -0.508 e. The van der Waals surface area contributed by atoms with Gasteiger partial charge in [-0.1, -0.05) is 25.1 Å². The first kappa shape index (κ1) is 17.5. The second-order valence-electron chi connectivity index (χ2n) is 5.64. The van der Waals surface area contributed by atoms with Gasteiger partial charge in [-0.05, 0) is 42.5 Å². The summed E-state index contributed by atoms with van der Waals surface area (Å²) in [5, 5.41) is 18.8. The Bertz CT molecular complexity index is 687. The third-order valence-electron chi connectivity index (χ3n) is 3.79. The van der Waals surface area contributed by atoms with Gasteiger partial charge in [-0.15, -0.1) is 0 Å². The first-order valence-corrected chi connectivity index (χ1v) is 8.84. The number of phenolic OH excluding ortho intramolecular Hbond substituents is 1. The van der Waals surface area contributed by atoms with Gasteiger partial charge in [0.15, 0.2) is 0 Å². The van der Waals surface area contributed by atoms with E-state index in [9.17, 15) is 14.8 Å². The van der Waals surface area contributed by atoms with E-state index in [1.807, 2.05) is 19.1 Å². The third kappa shape index (κ3) is 5.36. The standard InChI is InChI=1S/C16H20NO5P/c1-11(12-4-7-14(18)8-5-12)2-3-13-6-9-15(19)10-16(13)17-23(20,21)22/h4-11,13,18-19H,2-3H2,1H3,(H2,20,21,22)/b17-16+. The lowest BCUT2D eigenvalue weighted by atomic mass is 9.87. The third-order valence-corrected chi connectivity index (χ3v) is 4.28. The molecule has 0 heterocycles. The van der Waals surface area contributed by atoms with Gasteiger partial charge in [0, 0.05) is 12.0 Å². The highest BCUT2D eigenvalue weighted by molar-refractivity contribution is 7.50. The lowest BCUT2D eigenvalue weighted by Crippen LogP contribution is -2.15. The Kier molecular flexibility index (Phi) is 5.42. The molecule has 0 bridgehead atoms. The largest absolute Gasteiger partial charge is 0.508 e. The molecule has 0 aromatic heterocycles. The number of rotatable bonds is 5. The van der Waals surface area contributed by atoms with Crippen molar-refractivity contribution in [2.75, 3.05) is 0 Å². The van der Waals surface area contributed by atoms with Crippen LogP contribution in [0.4, 0.5) is 0 Å². The van der Waals surface area contributed by atoms with Crippen LogP contribution in [0.2, 0.25) is 0 Å². The maximum absolute atomic E-state index is 11.1. The zero-order valence-corrected chi connectivity index (χ0v) is 13.6. The number of hydrogen-bond donors (Lipinski definition) is 4. The van der Waals surface area contributed by atoms with E-state index in [0.717, 1.165) is 12.0 Å². The van der Waals surface area contributed by atoms with Crippen molar-refractivity contribution >= 4 is 13.5 Å². The van der Waals surface area contributed by atoms with Crippen LogP contribution in [0.5, 0.6) is 5.75 Å². The first-order chi connectivity index (χ1) is 10.7. The predicted molar refractivity (Wildman–Crippen MR) is 88.6 cm³/mol. The van der Waals surface area contributed by atoms with Crippen LogP contribution in [-0.4, -0.2) is 25.7 Å². The first-order valence-electron chi connectivity index (χ1n) is 7.28. The molecule has 2 atom stereocenters. The Balaban J connectivity index is 2.06. The second kappa shape index (κ2) is 7.13. The number of allylic oxidation sites excluding steroid dienone is 3. The molecule has 0 spiro atoms. The number of aliphatic hydroxyl groups is 1. The average molecular weight is 337 g/mol. The maximum Gasteiger partial charge on any atom is 0.448 e. The van der Waals surface area contributed by atoms with Crippen LogP contribution in [0.25, 0.3) is 0 Å². The van der Waals surface area contributed by atoms with E-state index in [0.29, 0.717) is 6.42 Å². The smallest absolute Gasteiger partial charge is 0.448 e. The molecule has 0 amide bonds. The van der Waals surface area contributed by atoms with Crippen molar-refractivity contribution in [3.05, 3.63) is 53.8 Å². The topological polar surface area (TPSA) is 110 Å². The van der Waals surface area contributed by atoms with Gasteiger partial charge in [-0.3, -0.25) is 0 Å². The Morgan fingerprint density at radius 3 is 2.48 bits per heavy atom. The average Bonchev–Trinajstić information content (AvgIpc) is 2.45. The van der Waals surface area contributed by atoms with E-state index in [1.54, 1.807) is 18.2 Å². The zero-order valence-electron chi connectivity index (χ0n) is 12.7. The van der Waals surface area contributed by atoms with Crippen LogP contribution in [0.3, 0.4) is 0 Å². The van der Waals surface area contributed by atoms with Crippen LogP contribution >= 0.6 is 7.75 Å². The van der Waals surface area contributed by atoms with E-state index in [-0.39, 0.29) is 29.1 Å². The summed E-state index contributed by atoms with van der Waals surface area (Å²) in [6, 6.07) is 6.97. The van der Waals surface area contributed by atoms with E-state index >= 15 is 0 Å². The molecule has 0 saturated carbocycles. The monoisotopic (exact) mass is 337 g/mol. The molecule has 0 radical (unpaired) electrons. The van der Waals surface area contributed by atoms with Gasteiger partial charge in [-0.25, -0.2) is 4.57 Å². The van der Waals surface area contributed by atoms with Crippen LogP contribution in [0, 0.1) is 5.92 Å². The molecule has 6 nitrogen and oxygen atoms in total. The SMILES string of the molecule is CC(CCC1C=CC(O)=C/C1=N\P(=O)(O)O)c1ccc(O)cc1. The van der Waals surface area contributed by atoms with Gasteiger partial charge >= 0.3 is 7.75 Å². The van der Waals surface area contributed by atoms with Crippen molar-refractivity contribution in [2.24, 2.45) is 10.7 Å². The summed E-state index contributed by atoms with van der Waals surface area (Å²) in [7, 11) is -4.54. The number of phenols is 1. The van der Waals surface area contributed by atoms with Gasteiger partial charge in [0.05, 0.1) is 5.71 Å². The summed E-state index contributed by atoms with van der Waals surface area (Å²) in [5.74, 6) is 0.116. The molecule has 124 valence electrons. The fourth-order valence-corrected chi connectivity index (χ4v) is 3.02. The van der Waals surface area contributed by atoms with Crippen molar-refractivity contribution in [2.45, 2.75) is 25.7 Å². The fraction of sp³-hybridized carbons (Fsp3) is 0.312. The zero-order chi connectivity index (χ0) is 17.0. The van der Waals surface area contributed by atoms with Crippen molar-refractivity contribution < 1.29 is 24.6 Å². The molecule has 0 fully saturated rings. The van der Waals surface area contributed by atoms with Crippen LogP contribution in [0.15, 0.2) is 53.0 Å². The number of nitrogens with zero attached hydrogens (tertiary/aromatic N) is 1. The van der Waals surface area contributed by atoms with Crippen molar-refractivity contribution in [3.8, 4) is 5.75 Å². The Morgan fingerprint density at radius 1 is 1.22 bits per heavy atom. The minimum atomic E-state index is -4.54. The predicted octanol–water partition coefficient (Wildman–Crippen LogP) is 3.44. The molecule has 1 aliphatic rings. The number of benzene rings is 1. The second-order valence-corrected chi connectivity index (χ2v) is 6.87. The van der Waals surface area contributed by atoms with Crippen LogP contribution in [0.1, 0.15) is 31.2 Å². The summed E-state index contributed by atoms with van der Waals surface area (Å²) in [6.45, 7) is 2.05. The molecule has 4 N–H and O–H groups in total. The molecule has 0 saturated heterocycles. The highest BCUT2D eigenvalue weighted by Gasteiger charge is 2.21. The van der Waals surface area contributed by atoms with Gasteiger partial charge < -0.3 is 20.0 Å². The minimum absolute atomic E-state index is 0.0694. The molecule has 0 aliphatic heterocycles. The summed E-state index contributed by atoms with van der Waals surface area (Å²) in [4.78, 5) is 18.0. The molecule has 1 aromatic rings. The van der Waals surface area contributed by atoms with Crippen LogP contribution < -0.4 is 0 Å². The summed E-state index contributed by atoms with van der Waals surface area (Å²) < 4.78 is 14.5. The molecule has 2 rings (SSSR count). The van der Waals surface area contributed by atoms with E-state index in [1.165, 1.54) is 12.2 Å². The molecule has 1 aliphatic carbocycles. The van der Waals surface area contributed by atoms with Gasteiger partial charge in [0.25, 0.3) is 0 Å².